The van der Waals surface area contributed by atoms with E-state index in [9.17, 15) is 4.79 Å². The van der Waals surface area contributed by atoms with Crippen molar-refractivity contribution in [3.05, 3.63) is 64.4 Å². The maximum atomic E-state index is 12.8. The number of carboxylic acids is 1. The molecule has 1 heterocycles. The van der Waals surface area contributed by atoms with Crippen LogP contribution in [0.1, 0.15) is 24.1 Å². The first-order valence-corrected chi connectivity index (χ1v) is 10.9. The highest BCUT2D eigenvalue weighted by molar-refractivity contribution is 7.08. The van der Waals surface area contributed by atoms with Gasteiger partial charge in [-0.15, -0.1) is 0 Å². The van der Waals surface area contributed by atoms with Gasteiger partial charge in [-0.3, -0.25) is 10.2 Å². The van der Waals surface area contributed by atoms with Crippen molar-refractivity contribution in [2.45, 2.75) is 13.0 Å². The lowest BCUT2D eigenvalue weighted by atomic mass is 9.95. The Bertz CT molecular complexity index is 1130. The van der Waals surface area contributed by atoms with E-state index < -0.39 is 18.0 Å². The number of nitrogens with two attached hydrogens (primary N) is 1. The number of nitrogens with one attached hydrogen (secondary N) is 2. The van der Waals surface area contributed by atoms with Crippen molar-refractivity contribution in [2.75, 3.05) is 26.6 Å². The molecule has 0 amide bonds. The second-order valence-electron chi connectivity index (χ2n) is 6.92. The van der Waals surface area contributed by atoms with Gasteiger partial charge in [0.2, 0.25) is 0 Å². The summed E-state index contributed by atoms with van der Waals surface area (Å²) in [6.07, 6.45) is 0. The second kappa shape index (κ2) is 12.3. The van der Waals surface area contributed by atoms with Crippen molar-refractivity contribution in [3.63, 3.8) is 0 Å². The zero-order valence-corrected chi connectivity index (χ0v) is 20.1. The summed E-state index contributed by atoms with van der Waals surface area (Å²) >= 11 is 1.56. The molecule has 1 aromatic heterocycles. The SMILES string of the molecule is CC(=O)O.COC(=O)C(Nc1ccc(C(=N)N)cc1)c1cc(OC)c(OC)cc1-c1ccsc1. The van der Waals surface area contributed by atoms with Crippen molar-refractivity contribution in [2.24, 2.45) is 5.73 Å². The Morgan fingerprint density at radius 2 is 1.65 bits per heavy atom. The third-order valence-corrected chi connectivity index (χ3v) is 5.33. The van der Waals surface area contributed by atoms with Crippen LogP contribution >= 0.6 is 11.3 Å². The van der Waals surface area contributed by atoms with E-state index >= 15 is 0 Å². The molecule has 9 nitrogen and oxygen atoms in total. The number of esters is 1. The molecule has 1 unspecified atom stereocenters. The van der Waals surface area contributed by atoms with Gasteiger partial charge in [-0.05, 0) is 69.9 Å². The van der Waals surface area contributed by atoms with Gasteiger partial charge >= 0.3 is 5.97 Å². The highest BCUT2D eigenvalue weighted by Crippen LogP contribution is 2.40. The number of carboxylic acid groups (broad SMARTS) is 1. The standard InChI is InChI=1S/C22H23N3O4S.C2H4O2/c1-27-18-10-16(14-8-9-30-12-14)17(11-19(18)28-2)20(22(26)29-3)25-15-6-4-13(5-7-15)21(23)24;1-2(3)4/h4-12,20,25H,1-3H3,(H3,23,24);1H3,(H,3,4). The number of nitrogen functional groups attached to an aromatic ring is 1. The molecule has 34 heavy (non-hydrogen) atoms. The van der Waals surface area contributed by atoms with Gasteiger partial charge in [0.25, 0.3) is 5.97 Å². The van der Waals surface area contributed by atoms with Gasteiger partial charge in [0.1, 0.15) is 5.84 Å². The van der Waals surface area contributed by atoms with Gasteiger partial charge < -0.3 is 30.4 Å². The van der Waals surface area contributed by atoms with E-state index in [1.165, 1.54) is 7.11 Å². The Morgan fingerprint density at radius 3 is 2.12 bits per heavy atom. The molecular weight excluding hydrogens is 458 g/mol. The fraction of sp³-hybridized carbons (Fsp3) is 0.208. The smallest absolute Gasteiger partial charge is 0.333 e. The number of hydrogen-bond acceptors (Lipinski definition) is 8. The monoisotopic (exact) mass is 485 g/mol. The highest BCUT2D eigenvalue weighted by Gasteiger charge is 2.27. The van der Waals surface area contributed by atoms with E-state index in [4.69, 9.17) is 35.3 Å². The Morgan fingerprint density at radius 1 is 1.06 bits per heavy atom. The van der Waals surface area contributed by atoms with Crippen molar-refractivity contribution < 1.29 is 28.9 Å². The number of carbonyl (C=O) groups excluding carboxylic acids is 1. The summed E-state index contributed by atoms with van der Waals surface area (Å²) in [6.45, 7) is 1.08. The number of thiophene rings is 1. The molecule has 0 aliphatic rings. The molecule has 0 fully saturated rings. The zero-order chi connectivity index (χ0) is 25.3. The summed E-state index contributed by atoms with van der Waals surface area (Å²) in [5.74, 6) is -0.231. The first-order valence-electron chi connectivity index (χ1n) is 9.98. The third kappa shape index (κ3) is 6.72. The number of aliphatic carboxylic acids is 1. The summed E-state index contributed by atoms with van der Waals surface area (Å²) < 4.78 is 16.0. The number of methoxy groups -OCH3 is 3. The van der Waals surface area contributed by atoms with Crippen LogP contribution in [0.4, 0.5) is 5.69 Å². The minimum Gasteiger partial charge on any atom is -0.493 e. The lowest BCUT2D eigenvalue weighted by molar-refractivity contribution is -0.141. The van der Waals surface area contributed by atoms with Gasteiger partial charge in [0, 0.05) is 18.2 Å². The highest BCUT2D eigenvalue weighted by atomic mass is 32.1. The molecule has 0 bridgehead atoms. The fourth-order valence-corrected chi connectivity index (χ4v) is 3.75. The van der Waals surface area contributed by atoms with Gasteiger partial charge in [-0.2, -0.15) is 11.3 Å². The molecule has 1 atom stereocenters. The topological polar surface area (TPSA) is 144 Å². The van der Waals surface area contributed by atoms with Gasteiger partial charge in [-0.1, -0.05) is 0 Å². The predicted molar refractivity (Wildman–Crippen MR) is 132 cm³/mol. The number of amidine groups is 1. The third-order valence-electron chi connectivity index (χ3n) is 4.64. The lowest BCUT2D eigenvalue weighted by Gasteiger charge is -2.22. The molecule has 0 spiro atoms. The first kappa shape index (κ1) is 26.2. The molecule has 10 heteroatoms. The summed E-state index contributed by atoms with van der Waals surface area (Å²) in [7, 11) is 4.47. The molecule has 3 aromatic rings. The van der Waals surface area contributed by atoms with E-state index in [1.807, 2.05) is 22.9 Å². The average Bonchev–Trinajstić information content (AvgIpc) is 3.36. The number of rotatable bonds is 8. The summed E-state index contributed by atoms with van der Waals surface area (Å²) in [4.78, 5) is 21.8. The van der Waals surface area contributed by atoms with Crippen molar-refractivity contribution in [1.82, 2.24) is 0 Å². The Kier molecular flexibility index (Phi) is 9.45. The quantitative estimate of drug-likeness (QED) is 0.212. The molecule has 180 valence electrons. The number of hydrogen-bond donors (Lipinski definition) is 4. The van der Waals surface area contributed by atoms with Crippen LogP contribution in [0.15, 0.2) is 53.2 Å². The maximum absolute atomic E-state index is 12.8. The van der Waals surface area contributed by atoms with E-state index in [1.54, 1.807) is 55.9 Å². The number of benzene rings is 2. The van der Waals surface area contributed by atoms with Crippen LogP contribution in [0.3, 0.4) is 0 Å². The normalized spacial score (nSPS) is 10.8. The maximum Gasteiger partial charge on any atom is 0.333 e. The summed E-state index contributed by atoms with van der Waals surface area (Å²) in [5, 5.41) is 22.1. The molecule has 3 rings (SSSR count). The van der Waals surface area contributed by atoms with E-state index in [2.05, 4.69) is 5.32 Å². The van der Waals surface area contributed by atoms with E-state index in [-0.39, 0.29) is 5.84 Å². The minimum absolute atomic E-state index is 0.0225. The van der Waals surface area contributed by atoms with Crippen LogP contribution in [0.2, 0.25) is 0 Å². The van der Waals surface area contributed by atoms with Crippen LogP contribution in [0.25, 0.3) is 11.1 Å². The van der Waals surface area contributed by atoms with E-state index in [0.29, 0.717) is 28.3 Å². The van der Waals surface area contributed by atoms with Crippen LogP contribution in [-0.2, 0) is 14.3 Å². The Balaban J connectivity index is 0.000000945. The number of carbonyl (C=O) groups is 2. The molecule has 0 radical (unpaired) electrons. The van der Waals surface area contributed by atoms with Crippen LogP contribution in [-0.4, -0.2) is 44.2 Å². The van der Waals surface area contributed by atoms with Crippen LogP contribution < -0.4 is 20.5 Å². The largest absolute Gasteiger partial charge is 0.493 e. The lowest BCUT2D eigenvalue weighted by Crippen LogP contribution is -2.23. The van der Waals surface area contributed by atoms with Gasteiger partial charge in [0.15, 0.2) is 17.5 Å². The second-order valence-corrected chi connectivity index (χ2v) is 7.70. The Hall–Kier alpha value is -4.05. The number of ether oxygens (including phenoxy) is 3. The summed E-state index contributed by atoms with van der Waals surface area (Å²) in [6, 6.07) is 11.8. The molecule has 5 N–H and O–H groups in total. The first-order chi connectivity index (χ1) is 16.2. The fourth-order valence-electron chi connectivity index (χ4n) is 3.10. The molecular formula is C24H27N3O6S. The van der Waals surface area contributed by atoms with E-state index in [0.717, 1.165) is 18.1 Å². The van der Waals surface area contributed by atoms with Crippen molar-refractivity contribution >= 4 is 34.8 Å². The molecule has 0 saturated heterocycles. The van der Waals surface area contributed by atoms with Crippen molar-refractivity contribution in [3.8, 4) is 22.6 Å². The van der Waals surface area contributed by atoms with Crippen LogP contribution in [0.5, 0.6) is 11.5 Å². The average molecular weight is 486 g/mol. The molecule has 0 aliphatic heterocycles. The number of anilines is 1. The van der Waals surface area contributed by atoms with Crippen molar-refractivity contribution in [1.29, 1.82) is 5.41 Å². The summed E-state index contributed by atoms with van der Waals surface area (Å²) in [5.41, 5.74) is 9.28. The molecule has 2 aromatic carbocycles. The molecule has 0 saturated carbocycles. The zero-order valence-electron chi connectivity index (χ0n) is 19.2. The predicted octanol–water partition coefficient (Wildman–Crippen LogP) is 4.13. The Labute approximate surface area is 201 Å². The minimum atomic E-state index is -0.833. The van der Waals surface area contributed by atoms with Gasteiger partial charge in [-0.25, -0.2) is 4.79 Å². The molecule has 0 aliphatic carbocycles. The van der Waals surface area contributed by atoms with Gasteiger partial charge in [0.05, 0.1) is 21.3 Å². The van der Waals surface area contributed by atoms with Crippen LogP contribution in [0, 0.1) is 5.41 Å².